The molecule has 0 aliphatic rings. The molecule has 0 saturated carbocycles. The van der Waals surface area contributed by atoms with Gasteiger partial charge in [-0.2, -0.15) is 0 Å². The summed E-state index contributed by atoms with van der Waals surface area (Å²) in [5, 5.41) is 0. The van der Waals surface area contributed by atoms with Gasteiger partial charge in [0.2, 0.25) is 0 Å². The van der Waals surface area contributed by atoms with Gasteiger partial charge < -0.3 is 9.15 Å². The fourth-order valence-electron chi connectivity index (χ4n) is 1.75. The molecule has 0 atom stereocenters. The van der Waals surface area contributed by atoms with Gasteiger partial charge in [-0.05, 0) is 25.1 Å². The zero-order valence-electron chi connectivity index (χ0n) is 11.2. The maximum atomic E-state index is 13.6. The number of furan rings is 1. The third-order valence-corrected chi connectivity index (χ3v) is 2.80. The number of hydrazine groups is 1. The van der Waals surface area contributed by atoms with Crippen molar-refractivity contribution in [3.05, 3.63) is 53.2 Å². The van der Waals surface area contributed by atoms with Gasteiger partial charge in [0.15, 0.2) is 11.5 Å². The number of carbonyl (C=O) groups excluding carboxylic acids is 2. The number of hydrogen-bond acceptors (Lipinski definition) is 5. The number of carbonyl (C=O) groups is 2. The van der Waals surface area contributed by atoms with Crippen LogP contribution in [-0.4, -0.2) is 11.7 Å². The summed E-state index contributed by atoms with van der Waals surface area (Å²) in [6.45, 7) is 1.28. The molecule has 0 aliphatic heterocycles. The molecule has 0 saturated heterocycles. The van der Waals surface area contributed by atoms with Crippen LogP contribution in [0.1, 0.15) is 33.4 Å². The maximum Gasteiger partial charge on any atom is 0.301 e. The van der Waals surface area contributed by atoms with E-state index in [1.165, 1.54) is 25.3 Å². The molecule has 21 heavy (non-hydrogen) atoms. The van der Waals surface area contributed by atoms with Crippen molar-refractivity contribution in [2.75, 3.05) is 0 Å². The Morgan fingerprint density at radius 1 is 1.38 bits per heavy atom. The van der Waals surface area contributed by atoms with E-state index in [2.05, 4.69) is 0 Å². The Balaban J connectivity index is 2.10. The van der Waals surface area contributed by atoms with Crippen LogP contribution in [-0.2, 0) is 6.61 Å². The first-order valence-electron chi connectivity index (χ1n) is 6.03. The molecule has 2 aromatic rings. The summed E-state index contributed by atoms with van der Waals surface area (Å²) in [6, 6.07) is 5.48. The van der Waals surface area contributed by atoms with Gasteiger partial charge >= 0.3 is 5.91 Å². The second-order valence-electron chi connectivity index (χ2n) is 4.23. The Morgan fingerprint density at radius 2 is 2.14 bits per heavy atom. The molecule has 7 heteroatoms. The third kappa shape index (κ3) is 3.26. The van der Waals surface area contributed by atoms with E-state index < -0.39 is 11.7 Å². The molecule has 0 unspecified atom stereocenters. The van der Waals surface area contributed by atoms with Gasteiger partial charge in [0.1, 0.15) is 18.2 Å². The van der Waals surface area contributed by atoms with Crippen LogP contribution in [0, 0.1) is 5.82 Å². The Morgan fingerprint density at radius 3 is 2.76 bits per heavy atom. The number of Topliss-reactive ketones (excluding diaryl/α,β-unsaturated/α-hetero) is 1. The highest BCUT2D eigenvalue weighted by Gasteiger charge is 2.15. The Labute approximate surface area is 119 Å². The van der Waals surface area contributed by atoms with E-state index >= 15 is 0 Å². The molecule has 1 heterocycles. The van der Waals surface area contributed by atoms with Crippen molar-refractivity contribution in [2.45, 2.75) is 13.5 Å². The van der Waals surface area contributed by atoms with Crippen molar-refractivity contribution in [2.24, 2.45) is 5.84 Å². The lowest BCUT2D eigenvalue weighted by molar-refractivity contribution is 0.0921. The van der Waals surface area contributed by atoms with Gasteiger partial charge in [0.05, 0.1) is 11.8 Å². The molecule has 0 aliphatic carbocycles. The number of ether oxygens (including phenoxy) is 1. The number of nitrogen functional groups attached to an aromatic ring is 1. The molecular formula is C14H13FN2O4. The standard InChI is InChI=1S/C14H13FN2O4/c1-8(18)11-3-2-10(6-12(11)15)21-7-9-4-5-20-13(9)14(19)17-16/h2-6H,7,16H2,1H3,(H,17,19). The van der Waals surface area contributed by atoms with Gasteiger partial charge in [0.25, 0.3) is 0 Å². The van der Waals surface area contributed by atoms with Crippen molar-refractivity contribution in [1.82, 2.24) is 5.43 Å². The number of nitrogens with one attached hydrogen (secondary N) is 1. The zero-order chi connectivity index (χ0) is 15.4. The SMILES string of the molecule is CC(=O)c1ccc(OCc2ccoc2C(=O)NN)cc1F. The van der Waals surface area contributed by atoms with Gasteiger partial charge in [-0.3, -0.25) is 15.0 Å². The van der Waals surface area contributed by atoms with Crippen LogP contribution >= 0.6 is 0 Å². The summed E-state index contributed by atoms with van der Waals surface area (Å²) in [7, 11) is 0. The van der Waals surface area contributed by atoms with Crippen LogP contribution in [0.25, 0.3) is 0 Å². The van der Waals surface area contributed by atoms with Crippen molar-refractivity contribution >= 4 is 11.7 Å². The average Bonchev–Trinajstić information content (AvgIpc) is 2.92. The quantitative estimate of drug-likeness (QED) is 0.379. The molecule has 6 nitrogen and oxygen atoms in total. The fraction of sp³-hybridized carbons (Fsp3) is 0.143. The molecule has 0 fully saturated rings. The van der Waals surface area contributed by atoms with Crippen LogP contribution < -0.4 is 16.0 Å². The molecule has 1 aromatic carbocycles. The molecule has 110 valence electrons. The molecular weight excluding hydrogens is 279 g/mol. The van der Waals surface area contributed by atoms with Crippen LogP contribution in [0.2, 0.25) is 0 Å². The first kappa shape index (κ1) is 14.7. The van der Waals surface area contributed by atoms with Gasteiger partial charge in [-0.15, -0.1) is 0 Å². The molecule has 3 N–H and O–H groups in total. The van der Waals surface area contributed by atoms with Crippen LogP contribution in [0.4, 0.5) is 4.39 Å². The molecule has 2 rings (SSSR count). The second-order valence-corrected chi connectivity index (χ2v) is 4.23. The highest BCUT2D eigenvalue weighted by molar-refractivity contribution is 5.94. The first-order valence-corrected chi connectivity index (χ1v) is 6.03. The summed E-state index contributed by atoms with van der Waals surface area (Å²) in [6.07, 6.45) is 1.32. The summed E-state index contributed by atoms with van der Waals surface area (Å²) in [4.78, 5) is 22.5. The number of hydrogen-bond donors (Lipinski definition) is 2. The smallest absolute Gasteiger partial charge is 0.301 e. The van der Waals surface area contributed by atoms with Crippen molar-refractivity contribution in [3.63, 3.8) is 0 Å². The lowest BCUT2D eigenvalue weighted by Crippen LogP contribution is -2.30. The molecule has 0 bridgehead atoms. The number of ketones is 1. The highest BCUT2D eigenvalue weighted by Crippen LogP contribution is 2.19. The van der Waals surface area contributed by atoms with E-state index in [0.29, 0.717) is 5.56 Å². The number of amides is 1. The predicted octanol–water partition coefficient (Wildman–Crippen LogP) is 1.80. The predicted molar refractivity (Wildman–Crippen MR) is 71.1 cm³/mol. The summed E-state index contributed by atoms with van der Waals surface area (Å²) >= 11 is 0. The van der Waals surface area contributed by atoms with Crippen LogP contribution in [0.3, 0.4) is 0 Å². The zero-order valence-corrected chi connectivity index (χ0v) is 11.2. The number of nitrogens with two attached hydrogens (primary N) is 1. The first-order chi connectivity index (χ1) is 10.0. The highest BCUT2D eigenvalue weighted by atomic mass is 19.1. The van der Waals surface area contributed by atoms with Gasteiger partial charge in [-0.25, -0.2) is 10.2 Å². The number of benzene rings is 1. The van der Waals surface area contributed by atoms with Crippen LogP contribution in [0.15, 0.2) is 34.9 Å². The minimum absolute atomic E-state index is 0.00187. The van der Waals surface area contributed by atoms with E-state index in [4.69, 9.17) is 15.0 Å². The molecule has 0 spiro atoms. The summed E-state index contributed by atoms with van der Waals surface area (Å²) < 4.78 is 24.0. The minimum atomic E-state index is -0.660. The molecule has 1 amide bonds. The largest absolute Gasteiger partial charge is 0.489 e. The van der Waals surface area contributed by atoms with E-state index in [1.807, 2.05) is 5.43 Å². The Bertz CT molecular complexity index is 681. The van der Waals surface area contributed by atoms with E-state index in [9.17, 15) is 14.0 Å². The van der Waals surface area contributed by atoms with Crippen molar-refractivity contribution in [3.8, 4) is 5.75 Å². The number of rotatable bonds is 5. The lowest BCUT2D eigenvalue weighted by atomic mass is 10.1. The fourth-order valence-corrected chi connectivity index (χ4v) is 1.75. The number of halogens is 1. The van der Waals surface area contributed by atoms with Gasteiger partial charge in [-0.1, -0.05) is 0 Å². The van der Waals surface area contributed by atoms with Gasteiger partial charge in [0, 0.05) is 11.6 Å². The second kappa shape index (κ2) is 6.19. The minimum Gasteiger partial charge on any atom is -0.489 e. The van der Waals surface area contributed by atoms with Crippen molar-refractivity contribution in [1.29, 1.82) is 0 Å². The van der Waals surface area contributed by atoms with E-state index in [0.717, 1.165) is 6.07 Å². The lowest BCUT2D eigenvalue weighted by Gasteiger charge is -2.07. The molecule has 0 radical (unpaired) electrons. The Kier molecular flexibility index (Phi) is 4.34. The monoisotopic (exact) mass is 292 g/mol. The third-order valence-electron chi connectivity index (χ3n) is 2.80. The van der Waals surface area contributed by atoms with E-state index in [1.54, 1.807) is 6.07 Å². The normalized spacial score (nSPS) is 10.2. The summed E-state index contributed by atoms with van der Waals surface area (Å²) in [5.74, 6) is 3.67. The van der Waals surface area contributed by atoms with Crippen molar-refractivity contribution < 1.29 is 23.1 Å². The Hall–Kier alpha value is -2.67. The van der Waals surface area contributed by atoms with E-state index in [-0.39, 0.29) is 29.5 Å². The molecule has 1 aromatic heterocycles. The average molecular weight is 292 g/mol. The van der Waals surface area contributed by atoms with Crippen LogP contribution in [0.5, 0.6) is 5.75 Å². The summed E-state index contributed by atoms with van der Waals surface area (Å²) in [5.41, 5.74) is 2.41. The topological polar surface area (TPSA) is 94.6 Å². The maximum absolute atomic E-state index is 13.6.